The predicted molar refractivity (Wildman–Crippen MR) is 38.8 cm³/mol. The summed E-state index contributed by atoms with van der Waals surface area (Å²) in [6, 6.07) is 0.0816. The molecule has 3 heteroatoms. The zero-order valence-electron chi connectivity index (χ0n) is 6.42. The van der Waals surface area contributed by atoms with Crippen LogP contribution in [0.2, 0.25) is 0 Å². The van der Waals surface area contributed by atoms with Crippen molar-refractivity contribution >= 4 is 6.03 Å². The Labute approximate surface area is 61.2 Å². The van der Waals surface area contributed by atoms with Crippen molar-refractivity contribution in [3.8, 4) is 0 Å². The largest absolute Gasteiger partial charge is 0.336 e. The van der Waals surface area contributed by atoms with Gasteiger partial charge in [-0.2, -0.15) is 0 Å². The normalized spacial score (nSPS) is 24.7. The molecule has 57 valence electrons. The molecule has 1 N–H and O–H groups in total. The maximum Gasteiger partial charge on any atom is 0.336 e. The molecule has 0 saturated carbocycles. The van der Waals surface area contributed by atoms with Gasteiger partial charge in [0.15, 0.2) is 0 Å². The van der Waals surface area contributed by atoms with Crippen LogP contribution in [0.25, 0.3) is 0 Å². The van der Waals surface area contributed by atoms with Gasteiger partial charge in [0.2, 0.25) is 0 Å². The van der Waals surface area contributed by atoms with E-state index in [2.05, 4.69) is 24.5 Å². The van der Waals surface area contributed by atoms with Crippen LogP contribution in [0.15, 0.2) is 0 Å². The molecular formula is C7H13N2O. The Balaban J connectivity index is 2.24. The monoisotopic (exact) mass is 141 g/mol. The SMILES string of the molecule is CC(C)CC1CNC(=O)[N]1. The van der Waals surface area contributed by atoms with Crippen LogP contribution in [0.4, 0.5) is 4.79 Å². The number of carbonyl (C=O) groups is 1. The van der Waals surface area contributed by atoms with Gasteiger partial charge in [0.1, 0.15) is 0 Å². The molecule has 1 fully saturated rings. The van der Waals surface area contributed by atoms with Gasteiger partial charge in [-0.15, -0.1) is 0 Å². The summed E-state index contributed by atoms with van der Waals surface area (Å²) in [5, 5.41) is 6.55. The van der Waals surface area contributed by atoms with E-state index in [-0.39, 0.29) is 12.1 Å². The summed E-state index contributed by atoms with van der Waals surface area (Å²) in [6.45, 7) is 5.01. The second kappa shape index (κ2) is 2.90. The molecule has 0 spiro atoms. The zero-order chi connectivity index (χ0) is 7.56. The van der Waals surface area contributed by atoms with E-state index in [1.807, 2.05) is 0 Å². The molecule has 1 heterocycles. The van der Waals surface area contributed by atoms with Gasteiger partial charge in [-0.3, -0.25) is 0 Å². The Morgan fingerprint density at radius 2 is 2.50 bits per heavy atom. The zero-order valence-corrected chi connectivity index (χ0v) is 6.42. The van der Waals surface area contributed by atoms with E-state index in [1.165, 1.54) is 0 Å². The topological polar surface area (TPSA) is 43.2 Å². The quantitative estimate of drug-likeness (QED) is 0.605. The van der Waals surface area contributed by atoms with Crippen molar-refractivity contribution in [1.82, 2.24) is 10.6 Å². The first-order valence-electron chi connectivity index (χ1n) is 3.67. The van der Waals surface area contributed by atoms with Crippen molar-refractivity contribution in [2.45, 2.75) is 26.3 Å². The lowest BCUT2D eigenvalue weighted by Gasteiger charge is -2.07. The van der Waals surface area contributed by atoms with E-state index in [1.54, 1.807) is 0 Å². The highest BCUT2D eigenvalue weighted by atomic mass is 16.2. The summed E-state index contributed by atoms with van der Waals surface area (Å²) in [6.07, 6.45) is 1.01. The van der Waals surface area contributed by atoms with Gasteiger partial charge in [-0.1, -0.05) is 13.8 Å². The predicted octanol–water partition coefficient (Wildman–Crippen LogP) is 0.729. The number of nitrogens with zero attached hydrogens (tertiary/aromatic N) is 1. The average molecular weight is 141 g/mol. The summed E-state index contributed by atoms with van der Waals surface area (Å²) < 4.78 is 0. The molecule has 10 heavy (non-hydrogen) atoms. The fourth-order valence-electron chi connectivity index (χ4n) is 1.14. The summed E-state index contributed by atoms with van der Waals surface area (Å²) in [5.74, 6) is 0.626. The first-order chi connectivity index (χ1) is 4.68. The van der Waals surface area contributed by atoms with E-state index < -0.39 is 0 Å². The number of carbonyl (C=O) groups excluding carboxylic acids is 1. The van der Waals surface area contributed by atoms with Crippen molar-refractivity contribution in [3.63, 3.8) is 0 Å². The highest BCUT2D eigenvalue weighted by molar-refractivity contribution is 5.76. The number of hydrogen-bond acceptors (Lipinski definition) is 1. The molecule has 1 atom stereocenters. The lowest BCUT2D eigenvalue weighted by molar-refractivity contribution is 0.246. The van der Waals surface area contributed by atoms with Crippen molar-refractivity contribution < 1.29 is 4.79 Å². The summed E-state index contributed by atoms with van der Waals surface area (Å²) in [5.41, 5.74) is 0. The molecule has 3 nitrogen and oxygen atoms in total. The standard InChI is InChI=1S/C7H13N2O/c1-5(2)3-6-4-8-7(10)9-6/h5-6H,3-4H2,1-2H3,(H,8,10). The van der Waals surface area contributed by atoms with Crippen LogP contribution in [-0.2, 0) is 0 Å². The molecule has 1 unspecified atom stereocenters. The maximum atomic E-state index is 10.6. The number of urea groups is 1. The number of amides is 2. The number of rotatable bonds is 2. The fraction of sp³-hybridized carbons (Fsp3) is 0.857. The van der Waals surface area contributed by atoms with Crippen molar-refractivity contribution in [2.75, 3.05) is 6.54 Å². The molecule has 0 aromatic heterocycles. The molecule has 1 aliphatic rings. The van der Waals surface area contributed by atoms with Crippen LogP contribution in [0, 0.1) is 5.92 Å². The van der Waals surface area contributed by atoms with Crippen LogP contribution in [0.1, 0.15) is 20.3 Å². The van der Waals surface area contributed by atoms with Crippen LogP contribution in [0.5, 0.6) is 0 Å². The van der Waals surface area contributed by atoms with Gasteiger partial charge in [0.05, 0.1) is 6.04 Å². The van der Waals surface area contributed by atoms with Crippen LogP contribution in [0.3, 0.4) is 0 Å². The van der Waals surface area contributed by atoms with Crippen LogP contribution < -0.4 is 10.6 Å². The van der Waals surface area contributed by atoms with Gasteiger partial charge in [0.25, 0.3) is 0 Å². The smallest absolute Gasteiger partial charge is 0.334 e. The van der Waals surface area contributed by atoms with Crippen molar-refractivity contribution in [3.05, 3.63) is 0 Å². The highest BCUT2D eigenvalue weighted by Gasteiger charge is 2.22. The Kier molecular flexibility index (Phi) is 2.14. The van der Waals surface area contributed by atoms with Crippen molar-refractivity contribution in [1.29, 1.82) is 0 Å². The van der Waals surface area contributed by atoms with E-state index >= 15 is 0 Å². The average Bonchev–Trinajstić information content (AvgIpc) is 2.13. The summed E-state index contributed by atoms with van der Waals surface area (Å²) >= 11 is 0. The lowest BCUT2D eigenvalue weighted by Crippen LogP contribution is -2.20. The minimum absolute atomic E-state index is 0.148. The summed E-state index contributed by atoms with van der Waals surface area (Å²) in [7, 11) is 0. The highest BCUT2D eigenvalue weighted by Crippen LogP contribution is 2.07. The van der Waals surface area contributed by atoms with Crippen molar-refractivity contribution in [2.24, 2.45) is 5.92 Å². The van der Waals surface area contributed by atoms with E-state index in [0.29, 0.717) is 5.92 Å². The van der Waals surface area contributed by atoms with Gasteiger partial charge in [-0.25, -0.2) is 10.1 Å². The molecule has 0 bridgehead atoms. The third kappa shape index (κ3) is 1.90. The molecule has 1 rings (SSSR count). The fourth-order valence-corrected chi connectivity index (χ4v) is 1.14. The Bertz CT molecular complexity index is 134. The Morgan fingerprint density at radius 1 is 1.80 bits per heavy atom. The van der Waals surface area contributed by atoms with Gasteiger partial charge >= 0.3 is 6.03 Å². The van der Waals surface area contributed by atoms with Gasteiger partial charge in [0, 0.05) is 6.54 Å². The van der Waals surface area contributed by atoms with Crippen LogP contribution in [-0.4, -0.2) is 18.6 Å². The molecule has 1 aliphatic heterocycles. The van der Waals surface area contributed by atoms with Gasteiger partial charge in [-0.05, 0) is 12.3 Å². The molecule has 2 amide bonds. The second-order valence-corrected chi connectivity index (χ2v) is 3.10. The van der Waals surface area contributed by atoms with Gasteiger partial charge < -0.3 is 5.32 Å². The minimum atomic E-state index is -0.148. The third-order valence-corrected chi connectivity index (χ3v) is 1.53. The molecule has 1 radical (unpaired) electrons. The maximum absolute atomic E-state index is 10.6. The molecule has 0 aliphatic carbocycles. The van der Waals surface area contributed by atoms with E-state index in [4.69, 9.17) is 0 Å². The first kappa shape index (κ1) is 7.38. The summed E-state index contributed by atoms with van der Waals surface area (Å²) in [4.78, 5) is 10.6. The lowest BCUT2D eigenvalue weighted by atomic mass is 10.1. The number of nitrogens with one attached hydrogen (secondary N) is 1. The van der Waals surface area contributed by atoms with E-state index in [9.17, 15) is 4.79 Å². The Hall–Kier alpha value is -0.730. The molecular weight excluding hydrogens is 128 g/mol. The number of hydrogen-bond donors (Lipinski definition) is 1. The first-order valence-corrected chi connectivity index (χ1v) is 3.67. The Morgan fingerprint density at radius 3 is 2.90 bits per heavy atom. The second-order valence-electron chi connectivity index (χ2n) is 3.10. The molecule has 0 aromatic carbocycles. The van der Waals surface area contributed by atoms with E-state index in [0.717, 1.165) is 13.0 Å². The van der Waals surface area contributed by atoms with Crippen LogP contribution >= 0.6 is 0 Å². The minimum Gasteiger partial charge on any atom is -0.334 e. The third-order valence-electron chi connectivity index (χ3n) is 1.53. The molecule has 1 saturated heterocycles. The molecule has 0 aromatic rings.